The second-order valence-corrected chi connectivity index (χ2v) is 12.9. The van der Waals surface area contributed by atoms with Crippen molar-refractivity contribution >= 4 is 17.9 Å². The number of aliphatic hydroxyl groups is 2. The lowest BCUT2D eigenvalue weighted by Crippen LogP contribution is -2.67. The maximum Gasteiger partial charge on any atom is 0.305 e. The fourth-order valence-corrected chi connectivity index (χ4v) is 9.49. The van der Waals surface area contributed by atoms with E-state index in [2.05, 4.69) is 20.8 Å². The zero-order valence-electron chi connectivity index (χ0n) is 23.3. The smallest absolute Gasteiger partial charge is 0.305 e. The quantitative estimate of drug-likeness (QED) is 0.401. The number of carbonyl (C=O) groups is 3. The molecule has 4 rings (SSSR count). The highest BCUT2D eigenvalue weighted by molar-refractivity contribution is 5.69. The Morgan fingerprint density at radius 3 is 2.22 bits per heavy atom. The first-order chi connectivity index (χ1) is 17.3. The summed E-state index contributed by atoms with van der Waals surface area (Å²) < 4.78 is 16.5. The van der Waals surface area contributed by atoms with Gasteiger partial charge in [0, 0.05) is 25.7 Å². The third kappa shape index (κ3) is 4.81. The van der Waals surface area contributed by atoms with Gasteiger partial charge in [0.25, 0.3) is 0 Å². The lowest BCUT2D eigenvalue weighted by molar-refractivity contribution is -0.248. The van der Waals surface area contributed by atoms with E-state index in [0.29, 0.717) is 25.7 Å². The molecular formula is C29H46O8. The van der Waals surface area contributed by atoms with E-state index in [1.165, 1.54) is 21.0 Å². The van der Waals surface area contributed by atoms with Crippen LogP contribution in [0.15, 0.2) is 0 Å². The second kappa shape index (κ2) is 10.5. The van der Waals surface area contributed by atoms with Gasteiger partial charge in [-0.05, 0) is 85.9 Å². The Bertz CT molecular complexity index is 889. The van der Waals surface area contributed by atoms with E-state index in [1.54, 1.807) is 0 Å². The SMILES string of the molecule is COC(=O)CC[C@H](C)[C@H]1CC[C@@H]2[C@H]3[C@@H](O)[C@@H](O)[C@@H]4C[C@@H](OC(C)=O)CC[C@]4(C)[C@@H]3C[C@H](OC(C)=O)[C@@]21C. The van der Waals surface area contributed by atoms with Gasteiger partial charge >= 0.3 is 17.9 Å². The van der Waals surface area contributed by atoms with Crippen molar-refractivity contribution in [3.05, 3.63) is 0 Å². The van der Waals surface area contributed by atoms with Gasteiger partial charge in [-0.3, -0.25) is 14.4 Å². The van der Waals surface area contributed by atoms with E-state index < -0.39 is 12.2 Å². The van der Waals surface area contributed by atoms with Crippen molar-refractivity contribution in [3.63, 3.8) is 0 Å². The van der Waals surface area contributed by atoms with Crippen LogP contribution in [0.4, 0.5) is 0 Å². The molecule has 0 saturated heterocycles. The molecule has 4 saturated carbocycles. The predicted octanol–water partition coefficient (Wildman–Crippen LogP) is 3.65. The van der Waals surface area contributed by atoms with Crippen LogP contribution in [-0.2, 0) is 28.6 Å². The summed E-state index contributed by atoms with van der Waals surface area (Å²) in [5, 5.41) is 23.1. The molecule has 0 aromatic rings. The number of methoxy groups -OCH3 is 1. The average molecular weight is 523 g/mol. The van der Waals surface area contributed by atoms with Crippen molar-refractivity contribution in [3.8, 4) is 0 Å². The van der Waals surface area contributed by atoms with Crippen LogP contribution in [0.1, 0.15) is 86.0 Å². The normalized spacial score (nSPS) is 45.6. The molecule has 210 valence electrons. The van der Waals surface area contributed by atoms with Gasteiger partial charge in [0.1, 0.15) is 12.2 Å². The summed E-state index contributed by atoms with van der Waals surface area (Å²) in [4.78, 5) is 35.8. The van der Waals surface area contributed by atoms with E-state index in [9.17, 15) is 24.6 Å². The van der Waals surface area contributed by atoms with E-state index in [4.69, 9.17) is 14.2 Å². The molecule has 37 heavy (non-hydrogen) atoms. The molecule has 4 fully saturated rings. The van der Waals surface area contributed by atoms with Crippen molar-refractivity contribution in [1.82, 2.24) is 0 Å². The van der Waals surface area contributed by atoms with Crippen molar-refractivity contribution in [2.75, 3.05) is 7.11 Å². The van der Waals surface area contributed by atoms with Gasteiger partial charge in [0.05, 0.1) is 19.3 Å². The first-order valence-corrected chi connectivity index (χ1v) is 14.1. The molecule has 0 aromatic carbocycles. The van der Waals surface area contributed by atoms with E-state index in [0.717, 1.165) is 25.7 Å². The number of ether oxygens (including phenoxy) is 3. The summed E-state index contributed by atoms with van der Waals surface area (Å²) in [6.45, 7) is 9.46. The van der Waals surface area contributed by atoms with Crippen molar-refractivity contribution in [2.24, 2.45) is 46.3 Å². The van der Waals surface area contributed by atoms with Gasteiger partial charge in [0.2, 0.25) is 0 Å². The number of carbonyl (C=O) groups excluding carboxylic acids is 3. The fourth-order valence-electron chi connectivity index (χ4n) is 9.49. The molecule has 2 N–H and O–H groups in total. The number of hydrogen-bond donors (Lipinski definition) is 2. The van der Waals surface area contributed by atoms with Crippen molar-refractivity contribution in [2.45, 2.75) is 110 Å². The maximum absolute atomic E-state index is 12.3. The molecule has 0 spiro atoms. The number of esters is 3. The van der Waals surface area contributed by atoms with E-state index in [1.807, 2.05) is 0 Å². The third-order valence-corrected chi connectivity index (χ3v) is 11.2. The Labute approximate surface area is 220 Å². The molecule has 0 amide bonds. The molecule has 12 atom stereocenters. The topological polar surface area (TPSA) is 119 Å². The summed E-state index contributed by atoms with van der Waals surface area (Å²) in [5.41, 5.74) is -0.616. The Hall–Kier alpha value is -1.67. The average Bonchev–Trinajstić information content (AvgIpc) is 3.19. The molecule has 0 aromatic heterocycles. The number of rotatable bonds is 6. The highest BCUT2D eigenvalue weighted by atomic mass is 16.5. The highest BCUT2D eigenvalue weighted by Crippen LogP contribution is 2.69. The van der Waals surface area contributed by atoms with Gasteiger partial charge < -0.3 is 24.4 Å². The summed E-state index contributed by atoms with van der Waals surface area (Å²) in [5.74, 6) is -0.515. The van der Waals surface area contributed by atoms with Gasteiger partial charge in [0.15, 0.2) is 0 Å². The minimum Gasteiger partial charge on any atom is -0.469 e. The molecule has 0 bridgehead atoms. The summed E-state index contributed by atoms with van der Waals surface area (Å²) in [7, 11) is 1.40. The van der Waals surface area contributed by atoms with Crippen LogP contribution < -0.4 is 0 Å². The lowest BCUT2D eigenvalue weighted by atomic mass is 9.42. The molecule has 0 radical (unpaired) electrons. The predicted molar refractivity (Wildman–Crippen MR) is 135 cm³/mol. The molecule has 0 unspecified atom stereocenters. The summed E-state index contributed by atoms with van der Waals surface area (Å²) in [6.07, 6.45) is 3.24. The molecule has 0 aliphatic heterocycles. The largest absolute Gasteiger partial charge is 0.469 e. The zero-order valence-corrected chi connectivity index (χ0v) is 23.3. The Kier molecular flexibility index (Phi) is 8.03. The molecule has 8 nitrogen and oxygen atoms in total. The molecule has 0 heterocycles. The Morgan fingerprint density at radius 1 is 0.919 bits per heavy atom. The Morgan fingerprint density at radius 2 is 1.59 bits per heavy atom. The minimum absolute atomic E-state index is 0.0840. The number of fused-ring (bicyclic) bond motifs is 5. The summed E-state index contributed by atoms with van der Waals surface area (Å²) >= 11 is 0. The van der Waals surface area contributed by atoms with Crippen LogP contribution in [0.25, 0.3) is 0 Å². The molecule has 8 heteroatoms. The fraction of sp³-hybridized carbons (Fsp3) is 0.897. The first kappa shape index (κ1) is 28.3. The standard InChI is InChI=1S/C29H46O8/c1-15(7-10-24(32)35-6)19-8-9-20-25-21(14-23(29(19,20)5)37-17(3)31)28(4)12-11-18(36-16(2)30)13-22(28)26(33)27(25)34/h15,18-23,25-27,33-34H,7-14H2,1-6H3/t15-,18-,19+,20+,21+,22-,23-,25+,26-,27+,28+,29+/m0/s1. The van der Waals surface area contributed by atoms with Gasteiger partial charge in [-0.25, -0.2) is 0 Å². The van der Waals surface area contributed by atoms with Crippen molar-refractivity contribution in [1.29, 1.82) is 0 Å². The van der Waals surface area contributed by atoms with E-state index >= 15 is 0 Å². The number of hydrogen-bond acceptors (Lipinski definition) is 8. The minimum atomic E-state index is -0.894. The maximum atomic E-state index is 12.3. The second-order valence-electron chi connectivity index (χ2n) is 12.9. The highest BCUT2D eigenvalue weighted by Gasteiger charge is 2.68. The van der Waals surface area contributed by atoms with Gasteiger partial charge in [-0.1, -0.05) is 20.8 Å². The zero-order chi connectivity index (χ0) is 27.3. The molecule has 4 aliphatic rings. The summed E-state index contributed by atoms with van der Waals surface area (Å²) in [6, 6.07) is 0. The first-order valence-electron chi connectivity index (χ1n) is 14.1. The Balaban J connectivity index is 1.66. The van der Waals surface area contributed by atoms with Crippen LogP contribution in [0.5, 0.6) is 0 Å². The van der Waals surface area contributed by atoms with Crippen LogP contribution in [-0.4, -0.2) is 59.6 Å². The van der Waals surface area contributed by atoms with Crippen LogP contribution in [0.2, 0.25) is 0 Å². The van der Waals surface area contributed by atoms with E-state index in [-0.39, 0.29) is 76.5 Å². The number of aliphatic hydroxyl groups excluding tert-OH is 2. The molecular weight excluding hydrogens is 476 g/mol. The van der Waals surface area contributed by atoms with Gasteiger partial charge in [-0.2, -0.15) is 0 Å². The van der Waals surface area contributed by atoms with Crippen LogP contribution in [0.3, 0.4) is 0 Å². The monoisotopic (exact) mass is 522 g/mol. The van der Waals surface area contributed by atoms with Gasteiger partial charge in [-0.15, -0.1) is 0 Å². The van der Waals surface area contributed by atoms with Crippen LogP contribution in [0, 0.1) is 46.3 Å². The lowest BCUT2D eigenvalue weighted by Gasteiger charge is -2.65. The third-order valence-electron chi connectivity index (χ3n) is 11.2. The van der Waals surface area contributed by atoms with Crippen LogP contribution >= 0.6 is 0 Å². The van der Waals surface area contributed by atoms with Crippen molar-refractivity contribution < 1.29 is 38.8 Å². The molecule has 4 aliphatic carbocycles.